The standard InChI is InChI=1S/C16H16N2/c1-4-8-15-13(5-2)11-17-16-10-7-6-9-14(16)12(3)18-15/h4-11H,2H2,1,3H3/b8-4-,13-11?,14-12?,15-13-,17-11?,17-16?,18-12?,18-15?. The van der Waals surface area contributed by atoms with Crippen LogP contribution in [0.15, 0.2) is 70.3 Å². The Hall–Kier alpha value is -2.22. The van der Waals surface area contributed by atoms with E-state index in [1.165, 1.54) is 0 Å². The summed E-state index contributed by atoms with van der Waals surface area (Å²) in [5, 5.41) is 0. The van der Waals surface area contributed by atoms with Gasteiger partial charge in [-0.2, -0.15) is 0 Å². The van der Waals surface area contributed by atoms with Crippen molar-refractivity contribution < 1.29 is 0 Å². The van der Waals surface area contributed by atoms with Gasteiger partial charge >= 0.3 is 0 Å². The van der Waals surface area contributed by atoms with E-state index in [4.69, 9.17) is 0 Å². The topological polar surface area (TPSA) is 24.7 Å². The molecule has 0 atom stereocenters. The Morgan fingerprint density at radius 3 is 2.72 bits per heavy atom. The Morgan fingerprint density at radius 2 is 2.00 bits per heavy atom. The van der Waals surface area contributed by atoms with Gasteiger partial charge in [0.2, 0.25) is 0 Å². The first kappa shape index (κ1) is 12.2. The number of aliphatic imine (C=N–C) groups is 2. The molecule has 2 nitrogen and oxygen atoms in total. The monoisotopic (exact) mass is 236 g/mol. The van der Waals surface area contributed by atoms with Crippen LogP contribution in [-0.4, -0.2) is 11.9 Å². The third-order valence-corrected chi connectivity index (χ3v) is 2.76. The van der Waals surface area contributed by atoms with E-state index in [0.29, 0.717) is 0 Å². The summed E-state index contributed by atoms with van der Waals surface area (Å²) in [6.07, 6.45) is 7.54. The Kier molecular flexibility index (Phi) is 3.68. The molecule has 0 radical (unpaired) electrons. The summed E-state index contributed by atoms with van der Waals surface area (Å²) in [6.45, 7) is 7.80. The van der Waals surface area contributed by atoms with Crippen molar-refractivity contribution in [3.63, 3.8) is 0 Å². The van der Waals surface area contributed by atoms with Crippen molar-refractivity contribution in [2.45, 2.75) is 13.8 Å². The SMILES string of the molecule is C=C/C1=C(\C=C/C)N=C(C)c2ccccc2N=C1. The number of nitrogens with zero attached hydrogens (tertiary/aromatic N) is 2. The largest absolute Gasteiger partial charge is 0.255 e. The summed E-state index contributed by atoms with van der Waals surface area (Å²) in [5.41, 5.74) is 4.80. The zero-order chi connectivity index (χ0) is 13.0. The lowest BCUT2D eigenvalue weighted by Gasteiger charge is -2.10. The molecule has 0 aliphatic carbocycles. The molecule has 0 spiro atoms. The maximum Gasteiger partial charge on any atom is 0.0720 e. The minimum absolute atomic E-state index is 0.892. The third-order valence-electron chi connectivity index (χ3n) is 2.76. The molecule has 0 aromatic heterocycles. The van der Waals surface area contributed by atoms with Crippen molar-refractivity contribution in [3.05, 3.63) is 65.9 Å². The van der Waals surface area contributed by atoms with Crippen molar-refractivity contribution in [2.24, 2.45) is 9.98 Å². The maximum atomic E-state index is 4.67. The lowest BCUT2D eigenvalue weighted by atomic mass is 10.1. The summed E-state index contributed by atoms with van der Waals surface area (Å²) < 4.78 is 0. The molecule has 1 aromatic rings. The van der Waals surface area contributed by atoms with Gasteiger partial charge in [0.15, 0.2) is 0 Å². The molecule has 0 bridgehead atoms. The van der Waals surface area contributed by atoms with Gasteiger partial charge in [0.1, 0.15) is 0 Å². The highest BCUT2D eigenvalue weighted by Gasteiger charge is 2.08. The normalized spacial score (nSPS) is 19.1. The first-order chi connectivity index (χ1) is 8.76. The first-order valence-corrected chi connectivity index (χ1v) is 5.94. The van der Waals surface area contributed by atoms with Crippen LogP contribution in [0.5, 0.6) is 0 Å². The number of hydrogen-bond acceptors (Lipinski definition) is 2. The molecule has 2 rings (SSSR count). The Balaban J connectivity index is 2.65. The predicted molar refractivity (Wildman–Crippen MR) is 78.8 cm³/mol. The van der Waals surface area contributed by atoms with Crippen LogP contribution in [0.3, 0.4) is 0 Å². The highest BCUT2D eigenvalue weighted by Crippen LogP contribution is 2.23. The summed E-state index contributed by atoms with van der Waals surface area (Å²) >= 11 is 0. The smallest absolute Gasteiger partial charge is 0.0720 e. The molecule has 0 saturated heterocycles. The van der Waals surface area contributed by atoms with Crippen LogP contribution in [0.1, 0.15) is 19.4 Å². The van der Waals surface area contributed by atoms with Gasteiger partial charge < -0.3 is 0 Å². The van der Waals surface area contributed by atoms with E-state index in [0.717, 1.165) is 28.2 Å². The summed E-state index contributed by atoms with van der Waals surface area (Å²) in [7, 11) is 0. The Bertz CT molecular complexity index is 587. The number of fused-ring (bicyclic) bond motifs is 1. The van der Waals surface area contributed by atoms with Gasteiger partial charge in [0.25, 0.3) is 0 Å². The van der Waals surface area contributed by atoms with Crippen molar-refractivity contribution in [2.75, 3.05) is 0 Å². The highest BCUT2D eigenvalue weighted by molar-refractivity contribution is 6.05. The second kappa shape index (κ2) is 5.41. The Morgan fingerprint density at radius 1 is 1.22 bits per heavy atom. The fourth-order valence-electron chi connectivity index (χ4n) is 1.85. The van der Waals surface area contributed by atoms with Crippen molar-refractivity contribution >= 4 is 17.6 Å². The summed E-state index contributed by atoms with van der Waals surface area (Å²) in [5.74, 6) is 0. The van der Waals surface area contributed by atoms with Gasteiger partial charge in [-0.3, -0.25) is 9.98 Å². The summed E-state index contributed by atoms with van der Waals surface area (Å²) in [6, 6.07) is 8.02. The number of hydrogen-bond donors (Lipinski definition) is 0. The van der Waals surface area contributed by atoms with E-state index in [2.05, 4.69) is 16.6 Å². The van der Waals surface area contributed by atoms with Gasteiger partial charge in [-0.1, -0.05) is 36.9 Å². The van der Waals surface area contributed by atoms with Gasteiger partial charge in [-0.15, -0.1) is 0 Å². The second-order valence-electron chi connectivity index (χ2n) is 4.02. The first-order valence-electron chi connectivity index (χ1n) is 5.94. The van der Waals surface area contributed by atoms with Crippen LogP contribution in [-0.2, 0) is 0 Å². The number of rotatable bonds is 2. The molecule has 1 aliphatic rings. The number of benzene rings is 1. The molecule has 1 heterocycles. The van der Waals surface area contributed by atoms with Crippen molar-refractivity contribution in [1.29, 1.82) is 0 Å². The molecule has 0 N–H and O–H groups in total. The molecule has 18 heavy (non-hydrogen) atoms. The zero-order valence-corrected chi connectivity index (χ0v) is 10.7. The average Bonchev–Trinajstić information content (AvgIpc) is 2.38. The van der Waals surface area contributed by atoms with Gasteiger partial charge in [-0.25, -0.2) is 0 Å². The molecule has 0 amide bonds. The van der Waals surface area contributed by atoms with E-state index in [-0.39, 0.29) is 0 Å². The predicted octanol–water partition coefficient (Wildman–Crippen LogP) is 4.23. The van der Waals surface area contributed by atoms with E-state index < -0.39 is 0 Å². The van der Waals surface area contributed by atoms with E-state index >= 15 is 0 Å². The number of allylic oxidation sites excluding steroid dienone is 4. The van der Waals surface area contributed by atoms with Gasteiger partial charge in [-0.05, 0) is 26.0 Å². The minimum atomic E-state index is 0.892. The summed E-state index contributed by atoms with van der Waals surface area (Å²) in [4.78, 5) is 9.18. The van der Waals surface area contributed by atoms with Crippen molar-refractivity contribution in [3.8, 4) is 0 Å². The van der Waals surface area contributed by atoms with Gasteiger partial charge in [0.05, 0.1) is 11.4 Å². The fourth-order valence-corrected chi connectivity index (χ4v) is 1.85. The molecule has 1 aliphatic heterocycles. The minimum Gasteiger partial charge on any atom is -0.255 e. The van der Waals surface area contributed by atoms with Crippen molar-refractivity contribution in [1.82, 2.24) is 0 Å². The zero-order valence-electron chi connectivity index (χ0n) is 10.7. The fraction of sp³-hybridized carbons (Fsp3) is 0.125. The molecule has 0 fully saturated rings. The molecule has 90 valence electrons. The van der Waals surface area contributed by atoms with Crippen LogP contribution in [0, 0.1) is 0 Å². The van der Waals surface area contributed by atoms with E-state index in [1.54, 1.807) is 6.08 Å². The molecule has 2 heteroatoms. The molecule has 0 unspecified atom stereocenters. The van der Waals surface area contributed by atoms with Crippen LogP contribution in [0.4, 0.5) is 5.69 Å². The average molecular weight is 236 g/mol. The van der Waals surface area contributed by atoms with E-state index in [1.807, 2.05) is 56.5 Å². The molecular weight excluding hydrogens is 220 g/mol. The maximum absolute atomic E-state index is 4.67. The third kappa shape index (κ3) is 2.38. The highest BCUT2D eigenvalue weighted by atomic mass is 14.8. The van der Waals surface area contributed by atoms with Crippen LogP contribution in [0.2, 0.25) is 0 Å². The molecule has 1 aromatic carbocycles. The second-order valence-corrected chi connectivity index (χ2v) is 4.02. The quantitative estimate of drug-likeness (QED) is 0.734. The molecule has 0 saturated carbocycles. The number of para-hydroxylation sites is 1. The lowest BCUT2D eigenvalue weighted by Crippen LogP contribution is -2.00. The van der Waals surface area contributed by atoms with E-state index in [9.17, 15) is 0 Å². The molecular formula is C16H16N2. The van der Waals surface area contributed by atoms with Gasteiger partial charge in [0, 0.05) is 23.1 Å². The Labute approximate surface area is 108 Å². The van der Waals surface area contributed by atoms with Crippen LogP contribution >= 0.6 is 0 Å². The lowest BCUT2D eigenvalue weighted by molar-refractivity contribution is 1.33. The van der Waals surface area contributed by atoms with Crippen LogP contribution in [0.25, 0.3) is 0 Å². The van der Waals surface area contributed by atoms with Crippen LogP contribution < -0.4 is 0 Å².